The van der Waals surface area contributed by atoms with Crippen molar-refractivity contribution < 1.29 is 29.0 Å². The van der Waals surface area contributed by atoms with Gasteiger partial charge in [0, 0.05) is 50.1 Å². The molecule has 2 aromatic heterocycles. The van der Waals surface area contributed by atoms with E-state index < -0.39 is 33.7 Å². The van der Waals surface area contributed by atoms with Gasteiger partial charge < -0.3 is 19.5 Å². The molecule has 0 spiro atoms. The van der Waals surface area contributed by atoms with Gasteiger partial charge in [0.2, 0.25) is 5.78 Å². The van der Waals surface area contributed by atoms with Crippen molar-refractivity contribution in [3.05, 3.63) is 60.2 Å². The van der Waals surface area contributed by atoms with Crippen LogP contribution in [0.15, 0.2) is 58.9 Å². The maximum atomic E-state index is 14.3. The lowest BCUT2D eigenvalue weighted by atomic mass is 9.41. The van der Waals surface area contributed by atoms with Crippen LogP contribution in [0.1, 0.15) is 69.3 Å². The number of ketones is 3. The first-order valence-corrected chi connectivity index (χ1v) is 16.2. The Morgan fingerprint density at radius 2 is 1.76 bits per heavy atom. The minimum Gasteiger partial charge on any atom is -0.461 e. The van der Waals surface area contributed by atoms with Crippen molar-refractivity contribution >= 4 is 48.0 Å². The standard InChI is InChI=1S/C35H43N3O6.2ClH/c1-32-12-10-24(39)20-23(32)8-9-25-26-11-13-35(43,28(40)21-37-15-17-38(18-16-37)29-7-3-4-14-36-29)33(26,2)22-34(42,30(25)32)31(41)27-6-5-19-44-27;;/h3-7,14,19-20,25-26,30,42-43H,8-13,15-18,21-22H2,1-2H3;2*1H/t25-,26-,30-,32-,33-,34?,35-;;/m0../s1. The highest BCUT2D eigenvalue weighted by Gasteiger charge is 2.73. The van der Waals surface area contributed by atoms with Crippen molar-refractivity contribution in [1.82, 2.24) is 9.88 Å². The Labute approximate surface area is 282 Å². The molecule has 7 rings (SSSR count). The Balaban J connectivity index is 0.00000208. The smallest absolute Gasteiger partial charge is 0.229 e. The quantitative estimate of drug-likeness (QED) is 0.420. The molecule has 7 atom stereocenters. The molecule has 250 valence electrons. The third-order valence-electron chi connectivity index (χ3n) is 12.4. The van der Waals surface area contributed by atoms with E-state index in [1.165, 1.54) is 6.26 Å². The van der Waals surface area contributed by atoms with Crippen LogP contribution in [0.5, 0.6) is 0 Å². The van der Waals surface area contributed by atoms with Crippen molar-refractivity contribution in [3.63, 3.8) is 0 Å². The summed E-state index contributed by atoms with van der Waals surface area (Å²) in [6.45, 7) is 6.98. The van der Waals surface area contributed by atoms with Crippen LogP contribution in [0, 0.1) is 28.6 Å². The summed E-state index contributed by atoms with van der Waals surface area (Å²) in [5.74, 6) is -0.203. The molecule has 4 fully saturated rings. The monoisotopic (exact) mass is 673 g/mol. The summed E-state index contributed by atoms with van der Waals surface area (Å²) in [5.41, 5.74) is -4.06. The lowest BCUT2D eigenvalue weighted by molar-refractivity contribution is -0.200. The van der Waals surface area contributed by atoms with E-state index in [1.54, 1.807) is 24.4 Å². The first kappa shape index (κ1) is 34.8. The van der Waals surface area contributed by atoms with Crippen LogP contribution in [-0.4, -0.2) is 81.4 Å². The number of carbonyl (C=O) groups is 3. The predicted octanol–water partition coefficient (Wildman–Crippen LogP) is 4.70. The number of aliphatic hydroxyl groups is 2. The maximum absolute atomic E-state index is 14.3. The second kappa shape index (κ2) is 12.5. The van der Waals surface area contributed by atoms with Crippen molar-refractivity contribution in [2.45, 2.75) is 70.0 Å². The average molecular weight is 675 g/mol. The summed E-state index contributed by atoms with van der Waals surface area (Å²) >= 11 is 0. The zero-order valence-electron chi connectivity index (χ0n) is 26.5. The van der Waals surface area contributed by atoms with Crippen LogP contribution in [-0.2, 0) is 9.59 Å². The SMILES string of the molecule is C[C@]12CCC(=O)C=C1CC[C@@H]1[C@@H]2C(O)(C(=O)c2ccco2)C[C@@]2(C)[C@H]1CC[C@]2(O)C(=O)CN1CCN(c2ccccn2)CC1.Cl.Cl. The number of anilines is 1. The van der Waals surface area contributed by atoms with E-state index in [9.17, 15) is 24.6 Å². The number of fused-ring (bicyclic) bond motifs is 5. The van der Waals surface area contributed by atoms with E-state index in [0.29, 0.717) is 51.6 Å². The molecule has 1 aliphatic heterocycles. The number of rotatable bonds is 6. The molecule has 0 bridgehead atoms. The zero-order valence-corrected chi connectivity index (χ0v) is 28.2. The molecule has 2 N–H and O–H groups in total. The molecular formula is C35H45Cl2N3O6. The second-order valence-corrected chi connectivity index (χ2v) is 14.4. The fourth-order valence-corrected chi connectivity index (χ4v) is 10.2. The van der Waals surface area contributed by atoms with Crippen LogP contribution in [0.3, 0.4) is 0 Å². The van der Waals surface area contributed by atoms with Crippen molar-refractivity contribution in [1.29, 1.82) is 0 Å². The Morgan fingerprint density at radius 1 is 1.00 bits per heavy atom. The zero-order chi connectivity index (χ0) is 30.9. The third kappa shape index (κ3) is 5.17. The fourth-order valence-electron chi connectivity index (χ4n) is 10.2. The summed E-state index contributed by atoms with van der Waals surface area (Å²) in [5, 5.41) is 25.2. The summed E-state index contributed by atoms with van der Waals surface area (Å²) in [7, 11) is 0. The highest BCUT2D eigenvalue weighted by Crippen LogP contribution is 2.70. The van der Waals surface area contributed by atoms with Gasteiger partial charge in [-0.05, 0) is 86.1 Å². The molecule has 4 aliphatic carbocycles. The fraction of sp³-hybridized carbons (Fsp3) is 0.600. The summed E-state index contributed by atoms with van der Waals surface area (Å²) < 4.78 is 5.54. The average Bonchev–Trinajstić information content (AvgIpc) is 3.65. The number of piperazine rings is 1. The van der Waals surface area contributed by atoms with Gasteiger partial charge >= 0.3 is 0 Å². The molecule has 3 saturated carbocycles. The number of carbonyl (C=O) groups excluding carboxylic acids is 3. The third-order valence-corrected chi connectivity index (χ3v) is 12.4. The molecule has 2 aromatic rings. The lowest BCUT2D eigenvalue weighted by Crippen LogP contribution is -2.69. The van der Waals surface area contributed by atoms with Crippen molar-refractivity contribution in [3.8, 4) is 0 Å². The van der Waals surface area contributed by atoms with Gasteiger partial charge in [0.15, 0.2) is 17.3 Å². The highest BCUT2D eigenvalue weighted by molar-refractivity contribution is 6.01. The molecule has 0 amide bonds. The molecule has 0 aromatic carbocycles. The molecule has 46 heavy (non-hydrogen) atoms. The number of allylic oxidation sites excluding steroid dienone is 1. The number of nitrogens with zero attached hydrogens (tertiary/aromatic N) is 3. The van der Waals surface area contributed by atoms with Gasteiger partial charge in [-0.2, -0.15) is 0 Å². The van der Waals surface area contributed by atoms with Gasteiger partial charge in [0.1, 0.15) is 17.0 Å². The number of hydrogen-bond acceptors (Lipinski definition) is 9. The molecule has 1 unspecified atom stereocenters. The van der Waals surface area contributed by atoms with Crippen molar-refractivity contribution in [2.75, 3.05) is 37.6 Å². The normalized spacial score (nSPS) is 37.1. The topological polar surface area (TPSA) is 124 Å². The number of halogens is 2. The number of aromatic nitrogens is 1. The Bertz CT molecular complexity index is 1490. The van der Waals surface area contributed by atoms with Gasteiger partial charge in [-0.15, -0.1) is 24.8 Å². The first-order valence-electron chi connectivity index (χ1n) is 16.2. The van der Waals surface area contributed by atoms with Gasteiger partial charge in [-0.1, -0.05) is 25.5 Å². The predicted molar refractivity (Wildman–Crippen MR) is 177 cm³/mol. The minimum absolute atomic E-state index is 0. The molecule has 11 heteroatoms. The molecule has 0 radical (unpaired) electrons. The van der Waals surface area contributed by atoms with E-state index in [-0.39, 0.29) is 66.9 Å². The van der Waals surface area contributed by atoms with Crippen LogP contribution < -0.4 is 4.90 Å². The van der Waals surface area contributed by atoms with E-state index in [0.717, 1.165) is 24.5 Å². The highest BCUT2D eigenvalue weighted by atomic mass is 35.5. The van der Waals surface area contributed by atoms with Crippen molar-refractivity contribution in [2.24, 2.45) is 28.6 Å². The Hall–Kier alpha value is -2.56. The van der Waals surface area contributed by atoms with E-state index in [2.05, 4.69) is 21.7 Å². The van der Waals surface area contributed by atoms with Gasteiger partial charge in [0.25, 0.3) is 0 Å². The van der Waals surface area contributed by atoms with Gasteiger partial charge in [0.05, 0.1) is 12.8 Å². The lowest BCUT2D eigenvalue weighted by Gasteiger charge is -2.63. The van der Waals surface area contributed by atoms with E-state index in [4.69, 9.17) is 4.42 Å². The molecule has 5 aliphatic rings. The molecule has 1 saturated heterocycles. The molecule has 9 nitrogen and oxygen atoms in total. The Morgan fingerprint density at radius 3 is 2.43 bits per heavy atom. The van der Waals surface area contributed by atoms with Crippen LogP contribution >= 0.6 is 24.8 Å². The maximum Gasteiger partial charge on any atom is 0.229 e. The molecule has 3 heterocycles. The van der Waals surface area contributed by atoms with Crippen LogP contribution in [0.2, 0.25) is 0 Å². The second-order valence-electron chi connectivity index (χ2n) is 14.4. The number of furan rings is 1. The number of pyridine rings is 1. The summed E-state index contributed by atoms with van der Waals surface area (Å²) in [4.78, 5) is 49.7. The largest absolute Gasteiger partial charge is 0.461 e. The van der Waals surface area contributed by atoms with E-state index in [1.807, 2.05) is 25.1 Å². The summed E-state index contributed by atoms with van der Waals surface area (Å²) in [6, 6.07) is 9.06. The Kier molecular flexibility index (Phi) is 9.43. The van der Waals surface area contributed by atoms with Crippen LogP contribution in [0.25, 0.3) is 0 Å². The molecular weight excluding hydrogens is 629 g/mol. The summed E-state index contributed by atoms with van der Waals surface area (Å²) in [6.07, 6.45) is 8.27. The number of Topliss-reactive ketones (excluding diaryl/α,β-unsaturated/α-hetero) is 2. The number of hydrogen-bond donors (Lipinski definition) is 2. The van der Waals surface area contributed by atoms with E-state index >= 15 is 0 Å². The minimum atomic E-state index is -1.87. The van der Waals surface area contributed by atoms with Crippen LogP contribution in [0.4, 0.5) is 5.82 Å². The van der Waals surface area contributed by atoms with Gasteiger partial charge in [-0.25, -0.2) is 4.98 Å². The first-order chi connectivity index (χ1) is 21.0. The van der Waals surface area contributed by atoms with Gasteiger partial charge in [-0.3, -0.25) is 19.3 Å².